The Morgan fingerprint density at radius 2 is 2.40 bits per heavy atom. The molecule has 2 rings (SSSR count). The molecule has 1 aliphatic heterocycles. The molecule has 1 saturated heterocycles. The Hall–Kier alpha value is -1.19. The summed E-state index contributed by atoms with van der Waals surface area (Å²) in [7, 11) is 0. The van der Waals surface area contributed by atoms with Crippen LogP contribution in [0.1, 0.15) is 19.4 Å². The van der Waals surface area contributed by atoms with Crippen molar-refractivity contribution in [2.45, 2.75) is 25.7 Å². The van der Waals surface area contributed by atoms with Gasteiger partial charge in [-0.05, 0) is 25.5 Å². The van der Waals surface area contributed by atoms with Gasteiger partial charge in [0.1, 0.15) is 6.10 Å². The molecule has 1 atom stereocenters. The normalized spacial score (nSPS) is 24.8. The van der Waals surface area contributed by atoms with Gasteiger partial charge in [-0.3, -0.25) is 4.98 Å². The highest BCUT2D eigenvalue weighted by molar-refractivity contribution is 5.48. The van der Waals surface area contributed by atoms with Gasteiger partial charge in [-0.25, -0.2) is 0 Å². The third-order valence-electron chi connectivity index (χ3n) is 2.22. The first-order valence-corrected chi connectivity index (χ1v) is 5.06. The standard InChI is InChI=1S/C12H15NO2/c1-12(2)14-9-11(15-12)6-5-10-4-3-7-13-8-10/h3-8,11H,9H2,1-2H3. The molecule has 1 aromatic heterocycles. The minimum absolute atomic E-state index is 0.0419. The summed E-state index contributed by atoms with van der Waals surface area (Å²) >= 11 is 0. The molecule has 0 radical (unpaired) electrons. The zero-order chi connectivity index (χ0) is 10.7. The second-order valence-electron chi connectivity index (χ2n) is 4.01. The van der Waals surface area contributed by atoms with E-state index in [4.69, 9.17) is 9.47 Å². The molecule has 0 bridgehead atoms. The van der Waals surface area contributed by atoms with Gasteiger partial charge in [0.2, 0.25) is 0 Å². The molecule has 15 heavy (non-hydrogen) atoms. The van der Waals surface area contributed by atoms with Gasteiger partial charge in [0.15, 0.2) is 5.79 Å². The smallest absolute Gasteiger partial charge is 0.163 e. The van der Waals surface area contributed by atoms with Crippen molar-refractivity contribution in [3.05, 3.63) is 36.2 Å². The highest BCUT2D eigenvalue weighted by Crippen LogP contribution is 2.23. The van der Waals surface area contributed by atoms with Crippen LogP contribution in [0.15, 0.2) is 30.6 Å². The Morgan fingerprint density at radius 1 is 1.53 bits per heavy atom. The third-order valence-corrected chi connectivity index (χ3v) is 2.22. The first kappa shape index (κ1) is 10.3. The predicted molar refractivity (Wildman–Crippen MR) is 58.2 cm³/mol. The summed E-state index contributed by atoms with van der Waals surface area (Å²) in [5, 5.41) is 0. The number of hydrogen-bond acceptors (Lipinski definition) is 3. The van der Waals surface area contributed by atoms with Gasteiger partial charge in [-0.2, -0.15) is 0 Å². The summed E-state index contributed by atoms with van der Waals surface area (Å²) in [6.07, 6.45) is 7.63. The Balaban J connectivity index is 1.96. The molecular weight excluding hydrogens is 190 g/mol. The van der Waals surface area contributed by atoms with Crippen LogP contribution in [0.4, 0.5) is 0 Å². The molecule has 0 spiro atoms. The number of rotatable bonds is 2. The number of aromatic nitrogens is 1. The van der Waals surface area contributed by atoms with Gasteiger partial charge in [-0.1, -0.05) is 18.2 Å². The molecule has 1 fully saturated rings. The summed E-state index contributed by atoms with van der Waals surface area (Å²) in [5.74, 6) is -0.454. The lowest BCUT2D eigenvalue weighted by atomic mass is 10.2. The van der Waals surface area contributed by atoms with Crippen LogP contribution in [0.2, 0.25) is 0 Å². The van der Waals surface area contributed by atoms with Gasteiger partial charge in [0.25, 0.3) is 0 Å². The Morgan fingerprint density at radius 3 is 3.00 bits per heavy atom. The van der Waals surface area contributed by atoms with E-state index in [0.717, 1.165) is 5.56 Å². The predicted octanol–water partition coefficient (Wildman–Crippen LogP) is 2.25. The summed E-state index contributed by atoms with van der Waals surface area (Å²) in [4.78, 5) is 4.04. The van der Waals surface area contributed by atoms with Crippen molar-refractivity contribution in [1.29, 1.82) is 0 Å². The number of hydrogen-bond donors (Lipinski definition) is 0. The lowest BCUT2D eigenvalue weighted by Gasteiger charge is -2.15. The lowest BCUT2D eigenvalue weighted by Crippen LogP contribution is -2.20. The molecule has 0 amide bonds. The van der Waals surface area contributed by atoms with Gasteiger partial charge in [-0.15, -0.1) is 0 Å². The van der Waals surface area contributed by atoms with Crippen LogP contribution in [-0.2, 0) is 9.47 Å². The lowest BCUT2D eigenvalue weighted by molar-refractivity contribution is -0.133. The Bertz CT molecular complexity index is 346. The van der Waals surface area contributed by atoms with E-state index in [1.54, 1.807) is 6.20 Å². The number of pyridine rings is 1. The van der Waals surface area contributed by atoms with Crippen LogP contribution in [-0.4, -0.2) is 23.5 Å². The molecule has 0 aliphatic carbocycles. The minimum Gasteiger partial charge on any atom is -0.347 e. The second kappa shape index (κ2) is 4.13. The largest absolute Gasteiger partial charge is 0.347 e. The van der Waals surface area contributed by atoms with Crippen LogP contribution in [0.25, 0.3) is 6.08 Å². The molecule has 80 valence electrons. The number of ether oxygens (including phenoxy) is 2. The van der Waals surface area contributed by atoms with E-state index in [0.29, 0.717) is 6.61 Å². The molecule has 0 saturated carbocycles. The molecule has 2 heterocycles. The van der Waals surface area contributed by atoms with Gasteiger partial charge >= 0.3 is 0 Å². The van der Waals surface area contributed by atoms with Crippen LogP contribution >= 0.6 is 0 Å². The Labute approximate surface area is 89.7 Å². The van der Waals surface area contributed by atoms with Crippen molar-refractivity contribution in [2.75, 3.05) is 6.61 Å². The van der Waals surface area contributed by atoms with Gasteiger partial charge in [0.05, 0.1) is 6.61 Å². The van der Waals surface area contributed by atoms with Crippen molar-refractivity contribution >= 4 is 6.08 Å². The molecule has 0 N–H and O–H groups in total. The van der Waals surface area contributed by atoms with Crippen LogP contribution in [0.3, 0.4) is 0 Å². The second-order valence-corrected chi connectivity index (χ2v) is 4.01. The zero-order valence-electron chi connectivity index (χ0n) is 9.01. The minimum atomic E-state index is -0.454. The average Bonchev–Trinajstić information content (AvgIpc) is 2.57. The summed E-state index contributed by atoms with van der Waals surface area (Å²) in [6, 6.07) is 3.92. The average molecular weight is 205 g/mol. The maximum absolute atomic E-state index is 5.64. The van der Waals surface area contributed by atoms with Crippen molar-refractivity contribution in [3.63, 3.8) is 0 Å². The maximum atomic E-state index is 5.64. The van der Waals surface area contributed by atoms with E-state index in [9.17, 15) is 0 Å². The highest BCUT2D eigenvalue weighted by atomic mass is 16.7. The Kier molecular flexibility index (Phi) is 2.84. The third kappa shape index (κ3) is 2.88. The molecule has 1 aromatic rings. The van der Waals surface area contributed by atoms with E-state index >= 15 is 0 Å². The summed E-state index contributed by atoms with van der Waals surface area (Å²) in [5.41, 5.74) is 1.07. The van der Waals surface area contributed by atoms with Crippen LogP contribution in [0, 0.1) is 0 Å². The number of nitrogens with zero attached hydrogens (tertiary/aromatic N) is 1. The van der Waals surface area contributed by atoms with E-state index in [-0.39, 0.29) is 6.10 Å². The van der Waals surface area contributed by atoms with Crippen molar-refractivity contribution in [3.8, 4) is 0 Å². The highest BCUT2D eigenvalue weighted by Gasteiger charge is 2.30. The SMILES string of the molecule is CC1(C)OCC(C=Cc2cccnc2)O1. The topological polar surface area (TPSA) is 31.4 Å². The molecule has 3 nitrogen and oxygen atoms in total. The first-order valence-electron chi connectivity index (χ1n) is 5.06. The fraction of sp³-hybridized carbons (Fsp3) is 0.417. The zero-order valence-corrected chi connectivity index (χ0v) is 9.01. The van der Waals surface area contributed by atoms with Gasteiger partial charge in [0, 0.05) is 12.4 Å². The van der Waals surface area contributed by atoms with E-state index in [1.807, 2.05) is 44.3 Å². The molecule has 0 aromatic carbocycles. The van der Waals surface area contributed by atoms with Crippen LogP contribution in [0.5, 0.6) is 0 Å². The monoisotopic (exact) mass is 205 g/mol. The van der Waals surface area contributed by atoms with Crippen molar-refractivity contribution in [2.24, 2.45) is 0 Å². The molecule has 3 heteroatoms. The quantitative estimate of drug-likeness (QED) is 0.742. The van der Waals surface area contributed by atoms with E-state index in [2.05, 4.69) is 4.98 Å². The fourth-order valence-corrected chi connectivity index (χ4v) is 1.50. The van der Waals surface area contributed by atoms with Gasteiger partial charge < -0.3 is 9.47 Å². The van der Waals surface area contributed by atoms with E-state index < -0.39 is 5.79 Å². The van der Waals surface area contributed by atoms with E-state index in [1.165, 1.54) is 0 Å². The maximum Gasteiger partial charge on any atom is 0.163 e. The molecular formula is C12H15NO2. The molecule has 1 unspecified atom stereocenters. The van der Waals surface area contributed by atoms with Crippen molar-refractivity contribution < 1.29 is 9.47 Å². The van der Waals surface area contributed by atoms with Crippen molar-refractivity contribution in [1.82, 2.24) is 4.98 Å². The first-order chi connectivity index (χ1) is 7.16. The van der Waals surface area contributed by atoms with Crippen LogP contribution < -0.4 is 0 Å². The summed E-state index contributed by atoms with van der Waals surface area (Å²) in [6.45, 7) is 4.46. The fourth-order valence-electron chi connectivity index (χ4n) is 1.50. The summed E-state index contributed by atoms with van der Waals surface area (Å²) < 4.78 is 11.1. The molecule has 1 aliphatic rings.